The lowest BCUT2D eigenvalue weighted by Gasteiger charge is -2.12. The van der Waals surface area contributed by atoms with Crippen molar-refractivity contribution in [3.63, 3.8) is 0 Å². The van der Waals surface area contributed by atoms with Crippen LogP contribution in [0.5, 0.6) is 23.0 Å². The Kier molecular flexibility index (Phi) is 5.88. The fourth-order valence-electron chi connectivity index (χ4n) is 2.70. The van der Waals surface area contributed by atoms with Crippen LogP contribution in [0.15, 0.2) is 30.3 Å². The molecule has 0 spiro atoms. The van der Waals surface area contributed by atoms with E-state index in [0.717, 1.165) is 0 Å². The summed E-state index contributed by atoms with van der Waals surface area (Å²) in [5.41, 5.74) is 7.36. The first-order valence-corrected chi connectivity index (χ1v) is 8.78. The predicted molar refractivity (Wildman–Crippen MR) is 103 cm³/mol. The topological polar surface area (TPSA) is 109 Å². The summed E-state index contributed by atoms with van der Waals surface area (Å²) < 4.78 is 21.4. The van der Waals surface area contributed by atoms with Crippen LogP contribution in [-0.2, 0) is 4.79 Å². The molecule has 0 bridgehead atoms. The van der Waals surface area contributed by atoms with Crippen LogP contribution in [0, 0.1) is 0 Å². The smallest absolute Gasteiger partial charge is 0.231 e. The van der Waals surface area contributed by atoms with Gasteiger partial charge in [0.15, 0.2) is 28.8 Å². The van der Waals surface area contributed by atoms with Crippen LogP contribution in [0.4, 0.5) is 11.4 Å². The molecule has 28 heavy (non-hydrogen) atoms. The summed E-state index contributed by atoms with van der Waals surface area (Å²) >= 11 is 0. The monoisotopic (exact) mass is 386 g/mol. The molecular formula is C20H22N2O6. The summed E-state index contributed by atoms with van der Waals surface area (Å²) in [7, 11) is 1.51. The second-order valence-corrected chi connectivity index (χ2v) is 6.21. The van der Waals surface area contributed by atoms with Crippen LogP contribution < -0.4 is 30.0 Å². The van der Waals surface area contributed by atoms with Gasteiger partial charge in [0, 0.05) is 24.1 Å². The molecule has 3 rings (SSSR count). The van der Waals surface area contributed by atoms with E-state index in [-0.39, 0.29) is 24.9 Å². The van der Waals surface area contributed by atoms with Crippen molar-refractivity contribution in [1.82, 2.24) is 0 Å². The van der Waals surface area contributed by atoms with E-state index < -0.39 is 0 Å². The zero-order chi connectivity index (χ0) is 20.1. The average Bonchev–Trinajstić information content (AvgIpc) is 3.12. The Morgan fingerprint density at radius 2 is 1.89 bits per heavy atom. The Balaban J connectivity index is 1.49. The standard InChI is InChI=1S/C20H22N2O6/c1-12(23)13-5-6-16(17(8-13)25-2)26-7-3-4-20(24)22-15-10-19-18(9-14(15)21)27-11-28-19/h5-6,8-10H,3-4,7,11,21H2,1-2H3,(H,22,24). The Labute approximate surface area is 162 Å². The maximum absolute atomic E-state index is 12.2. The number of ether oxygens (including phenoxy) is 4. The van der Waals surface area contributed by atoms with Crippen LogP contribution in [0.2, 0.25) is 0 Å². The van der Waals surface area contributed by atoms with Crippen molar-refractivity contribution in [3.05, 3.63) is 35.9 Å². The molecule has 8 nitrogen and oxygen atoms in total. The first-order valence-electron chi connectivity index (χ1n) is 8.78. The van der Waals surface area contributed by atoms with Gasteiger partial charge in [-0.3, -0.25) is 9.59 Å². The van der Waals surface area contributed by atoms with Crippen molar-refractivity contribution < 1.29 is 28.5 Å². The highest BCUT2D eigenvalue weighted by atomic mass is 16.7. The van der Waals surface area contributed by atoms with Gasteiger partial charge in [-0.2, -0.15) is 0 Å². The number of nitrogens with one attached hydrogen (secondary N) is 1. The molecule has 0 saturated carbocycles. The van der Waals surface area contributed by atoms with Crippen LogP contribution in [0.1, 0.15) is 30.1 Å². The van der Waals surface area contributed by atoms with Gasteiger partial charge >= 0.3 is 0 Å². The number of ketones is 1. The summed E-state index contributed by atoms with van der Waals surface area (Å²) in [6.45, 7) is 1.95. The second kappa shape index (κ2) is 8.51. The summed E-state index contributed by atoms with van der Waals surface area (Å²) in [5.74, 6) is 1.87. The molecule has 0 aromatic heterocycles. The predicted octanol–water partition coefficient (Wildman–Crippen LogP) is 3.01. The minimum Gasteiger partial charge on any atom is -0.493 e. The molecule has 0 radical (unpaired) electrons. The number of rotatable bonds is 8. The molecule has 0 aliphatic carbocycles. The van der Waals surface area contributed by atoms with E-state index in [1.54, 1.807) is 30.3 Å². The third-order valence-electron chi connectivity index (χ3n) is 4.19. The number of hydrogen-bond donors (Lipinski definition) is 2. The number of hydrogen-bond acceptors (Lipinski definition) is 7. The van der Waals surface area contributed by atoms with Gasteiger partial charge in [0.1, 0.15) is 0 Å². The third kappa shape index (κ3) is 4.46. The van der Waals surface area contributed by atoms with E-state index in [1.165, 1.54) is 14.0 Å². The number of benzene rings is 2. The van der Waals surface area contributed by atoms with Crippen LogP contribution in [0.3, 0.4) is 0 Å². The summed E-state index contributed by atoms with van der Waals surface area (Å²) in [6, 6.07) is 8.26. The van der Waals surface area contributed by atoms with Gasteiger partial charge in [0.05, 0.1) is 25.1 Å². The normalized spacial score (nSPS) is 11.8. The minimum absolute atomic E-state index is 0.0516. The zero-order valence-corrected chi connectivity index (χ0v) is 15.7. The fraction of sp³-hybridized carbons (Fsp3) is 0.300. The van der Waals surface area contributed by atoms with Gasteiger partial charge in [0.25, 0.3) is 0 Å². The fourth-order valence-corrected chi connectivity index (χ4v) is 2.70. The molecule has 2 aromatic carbocycles. The quantitative estimate of drug-likeness (QED) is 0.408. The molecule has 1 aliphatic heterocycles. The largest absolute Gasteiger partial charge is 0.493 e. The van der Waals surface area contributed by atoms with E-state index in [9.17, 15) is 9.59 Å². The molecule has 0 fully saturated rings. The highest BCUT2D eigenvalue weighted by Gasteiger charge is 2.17. The van der Waals surface area contributed by atoms with E-state index >= 15 is 0 Å². The van der Waals surface area contributed by atoms with Gasteiger partial charge in [-0.1, -0.05) is 0 Å². The molecule has 1 amide bonds. The molecular weight excluding hydrogens is 364 g/mol. The van der Waals surface area contributed by atoms with Crippen LogP contribution >= 0.6 is 0 Å². The molecule has 8 heteroatoms. The van der Waals surface area contributed by atoms with Gasteiger partial charge in [-0.05, 0) is 31.5 Å². The van der Waals surface area contributed by atoms with Gasteiger partial charge < -0.3 is 30.0 Å². The summed E-state index contributed by atoms with van der Waals surface area (Å²) in [6.07, 6.45) is 0.746. The van der Waals surface area contributed by atoms with Crippen molar-refractivity contribution in [1.29, 1.82) is 0 Å². The first kappa shape index (κ1) is 19.3. The van der Waals surface area contributed by atoms with Crippen molar-refractivity contribution >= 4 is 23.1 Å². The maximum Gasteiger partial charge on any atom is 0.231 e. The van der Waals surface area contributed by atoms with E-state index in [1.807, 2.05) is 0 Å². The van der Waals surface area contributed by atoms with E-state index in [4.69, 9.17) is 24.7 Å². The van der Waals surface area contributed by atoms with Crippen molar-refractivity contribution in [2.45, 2.75) is 19.8 Å². The number of carbonyl (C=O) groups excluding carboxylic acids is 2. The lowest BCUT2D eigenvalue weighted by molar-refractivity contribution is -0.116. The molecule has 2 aromatic rings. The van der Waals surface area contributed by atoms with E-state index in [2.05, 4.69) is 5.32 Å². The van der Waals surface area contributed by atoms with Crippen molar-refractivity contribution in [3.8, 4) is 23.0 Å². The molecule has 3 N–H and O–H groups in total. The Morgan fingerprint density at radius 3 is 2.61 bits per heavy atom. The van der Waals surface area contributed by atoms with Gasteiger partial charge in [-0.25, -0.2) is 0 Å². The van der Waals surface area contributed by atoms with Crippen LogP contribution in [-0.4, -0.2) is 32.2 Å². The number of fused-ring (bicyclic) bond motifs is 1. The second-order valence-electron chi connectivity index (χ2n) is 6.21. The van der Waals surface area contributed by atoms with Gasteiger partial charge in [-0.15, -0.1) is 0 Å². The minimum atomic E-state index is -0.187. The number of nitrogens with two attached hydrogens (primary N) is 1. The highest BCUT2D eigenvalue weighted by Crippen LogP contribution is 2.38. The Hall–Kier alpha value is -3.42. The summed E-state index contributed by atoms with van der Waals surface area (Å²) in [5, 5.41) is 2.76. The lowest BCUT2D eigenvalue weighted by atomic mass is 10.1. The molecule has 1 heterocycles. The van der Waals surface area contributed by atoms with Gasteiger partial charge in [0.2, 0.25) is 12.7 Å². The number of anilines is 2. The molecule has 0 unspecified atom stereocenters. The van der Waals surface area contributed by atoms with Crippen molar-refractivity contribution in [2.75, 3.05) is 31.6 Å². The number of Topliss-reactive ketones (excluding diaryl/α,β-unsaturated/α-hetero) is 1. The highest BCUT2D eigenvalue weighted by molar-refractivity contribution is 5.95. The molecule has 1 aliphatic rings. The lowest BCUT2D eigenvalue weighted by Crippen LogP contribution is -2.14. The molecule has 148 valence electrons. The van der Waals surface area contributed by atoms with Crippen molar-refractivity contribution in [2.24, 2.45) is 0 Å². The molecule has 0 atom stereocenters. The summed E-state index contributed by atoms with van der Waals surface area (Å²) in [4.78, 5) is 23.6. The zero-order valence-electron chi connectivity index (χ0n) is 15.7. The number of nitrogen functional groups attached to an aromatic ring is 1. The number of methoxy groups -OCH3 is 1. The molecule has 0 saturated heterocycles. The van der Waals surface area contributed by atoms with Crippen LogP contribution in [0.25, 0.3) is 0 Å². The number of carbonyl (C=O) groups is 2. The number of amides is 1. The Bertz CT molecular complexity index is 897. The third-order valence-corrected chi connectivity index (χ3v) is 4.19. The SMILES string of the molecule is COc1cc(C(C)=O)ccc1OCCCC(=O)Nc1cc2c(cc1N)OCO2. The first-order chi connectivity index (χ1) is 13.5. The van der Waals surface area contributed by atoms with E-state index in [0.29, 0.717) is 53.0 Å². The average molecular weight is 386 g/mol. The Morgan fingerprint density at radius 1 is 1.14 bits per heavy atom. The maximum atomic E-state index is 12.2.